The highest BCUT2D eigenvalue weighted by Gasteiger charge is 2.40. The summed E-state index contributed by atoms with van der Waals surface area (Å²) >= 11 is 0. The van der Waals surface area contributed by atoms with E-state index in [2.05, 4.69) is 0 Å². The molecule has 1 atom stereocenters. The predicted molar refractivity (Wildman–Crippen MR) is 43.1 cm³/mol. The van der Waals surface area contributed by atoms with Gasteiger partial charge in [0.15, 0.2) is 0 Å². The zero-order valence-corrected chi connectivity index (χ0v) is 7.50. The van der Waals surface area contributed by atoms with Gasteiger partial charge in [-0.05, 0) is 6.92 Å². The van der Waals surface area contributed by atoms with Gasteiger partial charge in [-0.1, -0.05) is 0 Å². The molecule has 1 fully saturated rings. The highest BCUT2D eigenvalue weighted by atomic mass is 16.2. The molecule has 0 saturated carbocycles. The number of hydrogen-bond acceptors (Lipinski definition) is 3. The zero-order valence-electron chi connectivity index (χ0n) is 7.50. The van der Waals surface area contributed by atoms with Gasteiger partial charge in [0.1, 0.15) is 0 Å². The molecule has 0 bridgehead atoms. The molecule has 1 aliphatic rings. The van der Waals surface area contributed by atoms with Crippen molar-refractivity contribution in [3.8, 4) is 0 Å². The Kier molecular flexibility index (Phi) is 1.83. The molecule has 0 aromatic rings. The second-order valence-corrected chi connectivity index (χ2v) is 3.33. The van der Waals surface area contributed by atoms with E-state index in [1.54, 1.807) is 14.0 Å². The van der Waals surface area contributed by atoms with Crippen molar-refractivity contribution in [3.63, 3.8) is 0 Å². The van der Waals surface area contributed by atoms with Crippen LogP contribution in [0.3, 0.4) is 0 Å². The smallest absolute Gasteiger partial charge is 0.309 e. The number of imide groups is 1. The van der Waals surface area contributed by atoms with Gasteiger partial charge in [0, 0.05) is 14.1 Å². The maximum absolute atomic E-state index is 11.3. The van der Waals surface area contributed by atoms with Crippen molar-refractivity contribution in [1.82, 2.24) is 9.80 Å². The molecule has 0 spiro atoms. The first-order valence-electron chi connectivity index (χ1n) is 3.69. The van der Waals surface area contributed by atoms with E-state index in [0.29, 0.717) is 0 Å². The van der Waals surface area contributed by atoms with Crippen molar-refractivity contribution in [3.05, 3.63) is 0 Å². The van der Waals surface area contributed by atoms with Crippen molar-refractivity contribution in [2.24, 2.45) is 5.73 Å². The van der Waals surface area contributed by atoms with Gasteiger partial charge in [0.25, 0.3) is 0 Å². The van der Waals surface area contributed by atoms with Gasteiger partial charge in [-0.15, -0.1) is 0 Å². The van der Waals surface area contributed by atoms with Crippen LogP contribution in [0, 0.1) is 0 Å². The number of nitrogens with zero attached hydrogens (tertiary/aromatic N) is 2. The van der Waals surface area contributed by atoms with E-state index in [1.165, 1.54) is 11.9 Å². The molecule has 3 amide bonds. The molecule has 1 rings (SSSR count). The van der Waals surface area contributed by atoms with E-state index in [-0.39, 0.29) is 18.4 Å². The van der Waals surface area contributed by atoms with E-state index in [4.69, 9.17) is 5.73 Å². The fourth-order valence-corrected chi connectivity index (χ4v) is 1.09. The van der Waals surface area contributed by atoms with Crippen LogP contribution in [0.1, 0.15) is 13.3 Å². The SMILES string of the molecule is CN1C(=O)CC(C)(N)N(C)C1=O. The zero-order chi connectivity index (χ0) is 9.52. The van der Waals surface area contributed by atoms with Crippen LogP contribution < -0.4 is 5.73 Å². The minimum Gasteiger partial charge on any atom is -0.309 e. The third kappa shape index (κ3) is 1.16. The summed E-state index contributed by atoms with van der Waals surface area (Å²) < 4.78 is 0. The molecule has 0 aromatic carbocycles. The number of amides is 3. The topological polar surface area (TPSA) is 66.6 Å². The molecular weight excluding hydrogens is 158 g/mol. The third-order valence-corrected chi connectivity index (χ3v) is 2.22. The van der Waals surface area contributed by atoms with Gasteiger partial charge in [0.2, 0.25) is 5.91 Å². The van der Waals surface area contributed by atoms with Gasteiger partial charge in [-0.2, -0.15) is 0 Å². The van der Waals surface area contributed by atoms with Crippen molar-refractivity contribution in [2.75, 3.05) is 14.1 Å². The van der Waals surface area contributed by atoms with Gasteiger partial charge >= 0.3 is 6.03 Å². The predicted octanol–water partition coefficient (Wildman–Crippen LogP) is -0.425. The van der Waals surface area contributed by atoms with Crippen molar-refractivity contribution >= 4 is 11.9 Å². The van der Waals surface area contributed by atoms with Crippen molar-refractivity contribution in [1.29, 1.82) is 0 Å². The number of rotatable bonds is 0. The lowest BCUT2D eigenvalue weighted by molar-refractivity contribution is -0.133. The molecule has 2 N–H and O–H groups in total. The molecule has 0 aliphatic carbocycles. The normalized spacial score (nSPS) is 31.3. The fourth-order valence-electron chi connectivity index (χ4n) is 1.09. The van der Waals surface area contributed by atoms with Gasteiger partial charge in [-0.3, -0.25) is 9.69 Å². The molecule has 1 saturated heterocycles. The number of nitrogens with two attached hydrogens (primary N) is 1. The Morgan fingerprint density at radius 1 is 1.42 bits per heavy atom. The Bertz CT molecular complexity index is 237. The molecule has 12 heavy (non-hydrogen) atoms. The second kappa shape index (κ2) is 2.45. The summed E-state index contributed by atoms with van der Waals surface area (Å²) in [6.07, 6.45) is 0.172. The summed E-state index contributed by atoms with van der Waals surface area (Å²) in [6.45, 7) is 1.66. The maximum Gasteiger partial charge on any atom is 0.327 e. The van der Waals surface area contributed by atoms with Crippen LogP contribution >= 0.6 is 0 Å². The van der Waals surface area contributed by atoms with Crippen molar-refractivity contribution in [2.45, 2.75) is 19.0 Å². The lowest BCUT2D eigenvalue weighted by Gasteiger charge is -2.41. The van der Waals surface area contributed by atoms with E-state index >= 15 is 0 Å². The van der Waals surface area contributed by atoms with Gasteiger partial charge < -0.3 is 10.6 Å². The van der Waals surface area contributed by atoms with Crippen LogP contribution in [0.4, 0.5) is 4.79 Å². The summed E-state index contributed by atoms with van der Waals surface area (Å²) in [5, 5.41) is 0. The van der Waals surface area contributed by atoms with Gasteiger partial charge in [0.05, 0.1) is 12.1 Å². The minimum atomic E-state index is -0.847. The first kappa shape index (κ1) is 8.99. The molecule has 1 heterocycles. The second-order valence-electron chi connectivity index (χ2n) is 3.33. The summed E-state index contributed by atoms with van der Waals surface area (Å²) in [6, 6.07) is -0.351. The average molecular weight is 171 g/mol. The highest BCUT2D eigenvalue weighted by molar-refractivity contribution is 5.97. The third-order valence-electron chi connectivity index (χ3n) is 2.22. The Labute approximate surface area is 71.1 Å². The number of hydrogen-bond donors (Lipinski definition) is 1. The Hall–Kier alpha value is -1.10. The first-order valence-corrected chi connectivity index (χ1v) is 3.69. The Morgan fingerprint density at radius 3 is 2.42 bits per heavy atom. The average Bonchev–Trinajstić information content (AvgIpc) is 1.97. The van der Waals surface area contributed by atoms with Crippen LogP contribution in [-0.2, 0) is 4.79 Å². The summed E-state index contributed by atoms with van der Waals surface area (Å²) in [5.74, 6) is -0.233. The lowest BCUT2D eigenvalue weighted by atomic mass is 10.1. The molecular formula is C7H13N3O2. The number of urea groups is 1. The van der Waals surface area contributed by atoms with Crippen LogP contribution in [-0.4, -0.2) is 41.5 Å². The number of carbonyl (C=O) groups is 2. The van der Waals surface area contributed by atoms with Gasteiger partial charge in [-0.25, -0.2) is 4.79 Å². The molecule has 0 aromatic heterocycles. The minimum absolute atomic E-state index is 0.172. The van der Waals surface area contributed by atoms with E-state index in [1.807, 2.05) is 0 Å². The van der Waals surface area contributed by atoms with E-state index in [0.717, 1.165) is 4.90 Å². The quantitative estimate of drug-likeness (QED) is 0.538. The Morgan fingerprint density at radius 2 is 1.92 bits per heavy atom. The van der Waals surface area contributed by atoms with Crippen LogP contribution in [0.5, 0.6) is 0 Å². The summed E-state index contributed by atoms with van der Waals surface area (Å²) in [7, 11) is 3.04. The molecule has 5 nitrogen and oxygen atoms in total. The molecule has 0 radical (unpaired) electrons. The van der Waals surface area contributed by atoms with Crippen molar-refractivity contribution < 1.29 is 9.59 Å². The summed E-state index contributed by atoms with van der Waals surface area (Å²) in [5.41, 5.74) is 4.88. The lowest BCUT2D eigenvalue weighted by Crippen LogP contribution is -2.64. The molecule has 1 aliphatic heterocycles. The summed E-state index contributed by atoms with van der Waals surface area (Å²) in [4.78, 5) is 24.9. The standard InChI is InChI=1S/C7H13N3O2/c1-7(8)4-5(11)9(2)6(12)10(7)3/h4,8H2,1-3H3. The monoisotopic (exact) mass is 171 g/mol. The van der Waals surface area contributed by atoms with Crippen LogP contribution in [0.2, 0.25) is 0 Å². The maximum atomic E-state index is 11.3. The largest absolute Gasteiger partial charge is 0.327 e. The fraction of sp³-hybridized carbons (Fsp3) is 0.714. The molecule has 68 valence electrons. The highest BCUT2D eigenvalue weighted by Crippen LogP contribution is 2.19. The number of carbonyl (C=O) groups excluding carboxylic acids is 2. The molecule has 5 heteroatoms. The van der Waals surface area contributed by atoms with E-state index < -0.39 is 5.66 Å². The van der Waals surface area contributed by atoms with E-state index in [9.17, 15) is 9.59 Å². The van der Waals surface area contributed by atoms with Crippen LogP contribution in [0.25, 0.3) is 0 Å². The first-order chi connectivity index (χ1) is 5.36. The van der Waals surface area contributed by atoms with Crippen LogP contribution in [0.15, 0.2) is 0 Å². The molecule has 1 unspecified atom stereocenters. The Balaban J connectivity index is 2.93.